The number of nitrogens with zero attached hydrogens (tertiary/aromatic N) is 6. The summed E-state index contributed by atoms with van der Waals surface area (Å²) in [7, 11) is 2.24. The van der Waals surface area contributed by atoms with E-state index in [2.05, 4.69) is 69.3 Å². The third-order valence-corrected chi connectivity index (χ3v) is 8.25. The summed E-state index contributed by atoms with van der Waals surface area (Å²) in [5.74, 6) is 3.98. The lowest BCUT2D eigenvalue weighted by Crippen LogP contribution is -2.44. The van der Waals surface area contributed by atoms with Gasteiger partial charge in [0.25, 0.3) is 0 Å². The number of anilines is 4. The number of aryl methyl sites for hydroxylation is 1. The van der Waals surface area contributed by atoms with Gasteiger partial charge in [-0.25, -0.2) is 15.0 Å². The summed E-state index contributed by atoms with van der Waals surface area (Å²) >= 11 is 2.01. The average Bonchev–Trinajstić information content (AvgIpc) is 3.45. The molecule has 0 unspecified atom stereocenters. The highest BCUT2D eigenvalue weighted by Crippen LogP contribution is 2.36. The Balaban J connectivity index is 1.16. The van der Waals surface area contributed by atoms with Gasteiger partial charge in [-0.3, -0.25) is 4.90 Å². The fourth-order valence-corrected chi connectivity index (χ4v) is 6.35. The maximum atomic E-state index is 4.75. The van der Waals surface area contributed by atoms with Crippen molar-refractivity contribution in [3.63, 3.8) is 0 Å². The lowest BCUT2D eigenvalue weighted by atomic mass is 10.1. The minimum absolute atomic E-state index is 0.601. The molecule has 34 heavy (non-hydrogen) atoms. The molecule has 1 N–H and O–H groups in total. The molecule has 3 saturated heterocycles. The van der Waals surface area contributed by atoms with E-state index in [1.165, 1.54) is 29.2 Å². The summed E-state index contributed by atoms with van der Waals surface area (Å²) < 4.78 is 0. The van der Waals surface area contributed by atoms with Gasteiger partial charge in [-0.15, -0.1) is 0 Å². The Kier molecular flexibility index (Phi) is 5.79. The third kappa shape index (κ3) is 4.20. The van der Waals surface area contributed by atoms with Crippen molar-refractivity contribution in [3.8, 4) is 11.3 Å². The predicted octanol–water partition coefficient (Wildman–Crippen LogP) is 4.04. The summed E-state index contributed by atoms with van der Waals surface area (Å²) in [6, 6.07) is 14.1. The number of thioether (sulfide) groups is 1. The van der Waals surface area contributed by atoms with Gasteiger partial charge in [-0.1, -0.05) is 0 Å². The van der Waals surface area contributed by atoms with Crippen LogP contribution in [-0.2, 0) is 0 Å². The van der Waals surface area contributed by atoms with Crippen LogP contribution in [0, 0.1) is 6.92 Å². The summed E-state index contributed by atoms with van der Waals surface area (Å²) in [6.07, 6.45) is 5.01. The van der Waals surface area contributed by atoms with Crippen molar-refractivity contribution in [2.45, 2.75) is 25.4 Å². The molecule has 1 aromatic carbocycles. The first kappa shape index (κ1) is 21.7. The molecule has 0 aliphatic carbocycles. The van der Waals surface area contributed by atoms with E-state index in [0.717, 1.165) is 48.9 Å². The molecule has 2 aromatic heterocycles. The molecule has 0 saturated carbocycles. The zero-order valence-electron chi connectivity index (χ0n) is 19.8. The lowest BCUT2D eigenvalue weighted by Gasteiger charge is -2.34. The highest BCUT2D eigenvalue weighted by molar-refractivity contribution is 7.99. The zero-order chi connectivity index (χ0) is 23.1. The van der Waals surface area contributed by atoms with Crippen molar-refractivity contribution in [1.82, 2.24) is 19.9 Å². The van der Waals surface area contributed by atoms with E-state index < -0.39 is 0 Å². The van der Waals surface area contributed by atoms with Crippen LogP contribution in [0.3, 0.4) is 0 Å². The van der Waals surface area contributed by atoms with Crippen LogP contribution in [0.1, 0.15) is 12.0 Å². The molecule has 3 aromatic rings. The zero-order valence-corrected chi connectivity index (χ0v) is 20.6. The van der Waals surface area contributed by atoms with E-state index >= 15 is 0 Å². The van der Waals surface area contributed by atoms with Crippen molar-refractivity contribution in [3.05, 3.63) is 54.4 Å². The number of likely N-dealkylation sites (N-methyl/N-ethyl adjacent to an activating group) is 1. The molecule has 3 fully saturated rings. The number of piperazine rings is 1. The molecule has 6 rings (SSSR count). The van der Waals surface area contributed by atoms with Gasteiger partial charge in [-0.05, 0) is 62.4 Å². The molecule has 0 radical (unpaired) electrons. The third-order valence-electron chi connectivity index (χ3n) is 7.31. The van der Waals surface area contributed by atoms with Crippen molar-refractivity contribution in [2.75, 3.05) is 59.8 Å². The SMILES string of the molecule is Cc1cc(Nc2nccc(-c3ccc(N4CCSCC4)nc3)n2)ccc1N1C[C@@H]2C[C@H]1CN2C. The Labute approximate surface area is 205 Å². The molecule has 3 aliphatic rings. The minimum atomic E-state index is 0.601. The van der Waals surface area contributed by atoms with Gasteiger partial charge < -0.3 is 15.1 Å². The predicted molar refractivity (Wildman–Crippen MR) is 141 cm³/mol. The van der Waals surface area contributed by atoms with Gasteiger partial charge in [0.05, 0.1) is 5.69 Å². The molecule has 176 valence electrons. The van der Waals surface area contributed by atoms with Crippen molar-refractivity contribution in [2.24, 2.45) is 0 Å². The summed E-state index contributed by atoms with van der Waals surface area (Å²) in [4.78, 5) is 21.3. The van der Waals surface area contributed by atoms with Gasteiger partial charge in [0, 0.05) is 79.1 Å². The Morgan fingerprint density at radius 1 is 1.00 bits per heavy atom. The topological polar surface area (TPSA) is 60.4 Å². The van der Waals surface area contributed by atoms with Crippen LogP contribution in [0.25, 0.3) is 11.3 Å². The molecule has 7 nitrogen and oxygen atoms in total. The first-order valence-electron chi connectivity index (χ1n) is 12.1. The normalized spacial score (nSPS) is 22.4. The van der Waals surface area contributed by atoms with Crippen LogP contribution in [0.15, 0.2) is 48.8 Å². The molecule has 2 atom stereocenters. The quantitative estimate of drug-likeness (QED) is 0.596. The maximum absolute atomic E-state index is 4.75. The number of benzene rings is 1. The van der Waals surface area contributed by atoms with E-state index in [4.69, 9.17) is 9.97 Å². The van der Waals surface area contributed by atoms with Crippen molar-refractivity contribution >= 4 is 34.9 Å². The molecule has 5 heterocycles. The monoisotopic (exact) mass is 473 g/mol. The van der Waals surface area contributed by atoms with Crippen LogP contribution >= 0.6 is 11.8 Å². The Morgan fingerprint density at radius 3 is 2.59 bits per heavy atom. The van der Waals surface area contributed by atoms with Gasteiger partial charge in [0.1, 0.15) is 5.82 Å². The fourth-order valence-electron chi connectivity index (χ4n) is 5.44. The highest BCUT2D eigenvalue weighted by atomic mass is 32.2. The Morgan fingerprint density at radius 2 is 1.88 bits per heavy atom. The van der Waals surface area contributed by atoms with Gasteiger partial charge in [0.2, 0.25) is 5.95 Å². The maximum Gasteiger partial charge on any atom is 0.227 e. The standard InChI is InChI=1S/C26H31N7S/c1-18-13-20(4-5-24(18)33-17-21-14-22(33)16-31(21)2)29-26-27-8-7-23(30-26)19-3-6-25(28-15-19)32-9-11-34-12-10-32/h3-8,13,15,21-22H,9-12,14,16-17H2,1-2H3,(H,27,29,30)/t21-,22-/m0/s1. The molecule has 8 heteroatoms. The van der Waals surface area contributed by atoms with Crippen LogP contribution in [-0.4, -0.2) is 76.7 Å². The molecule has 0 spiro atoms. The second kappa shape index (κ2) is 9.07. The van der Waals surface area contributed by atoms with E-state index in [9.17, 15) is 0 Å². The molecule has 2 bridgehead atoms. The Hall–Kier alpha value is -2.84. The summed E-state index contributed by atoms with van der Waals surface area (Å²) in [5, 5.41) is 3.40. The van der Waals surface area contributed by atoms with E-state index in [0.29, 0.717) is 18.0 Å². The second-order valence-corrected chi connectivity index (χ2v) is 10.8. The lowest BCUT2D eigenvalue weighted by molar-refractivity contribution is 0.292. The molecule has 0 amide bonds. The summed E-state index contributed by atoms with van der Waals surface area (Å²) in [6.45, 7) is 6.61. The Bertz CT molecular complexity index is 1160. The number of hydrogen-bond donors (Lipinski definition) is 1. The van der Waals surface area contributed by atoms with E-state index in [-0.39, 0.29) is 0 Å². The number of rotatable bonds is 5. The molecular weight excluding hydrogens is 442 g/mol. The number of nitrogens with one attached hydrogen (secondary N) is 1. The smallest absolute Gasteiger partial charge is 0.227 e. The van der Waals surface area contributed by atoms with Gasteiger partial charge in [-0.2, -0.15) is 11.8 Å². The number of aromatic nitrogens is 3. The number of likely N-dealkylation sites (tertiary alicyclic amines) is 1. The highest BCUT2D eigenvalue weighted by Gasteiger charge is 2.41. The largest absolute Gasteiger partial charge is 0.365 e. The van der Waals surface area contributed by atoms with Crippen LogP contribution in [0.2, 0.25) is 0 Å². The van der Waals surface area contributed by atoms with Crippen LogP contribution in [0.5, 0.6) is 0 Å². The van der Waals surface area contributed by atoms with Gasteiger partial charge in [0.15, 0.2) is 0 Å². The minimum Gasteiger partial charge on any atom is -0.365 e. The molecular formula is C26H31N7S. The average molecular weight is 474 g/mol. The van der Waals surface area contributed by atoms with Crippen LogP contribution in [0.4, 0.5) is 23.1 Å². The fraction of sp³-hybridized carbons (Fsp3) is 0.423. The number of pyridine rings is 1. The van der Waals surface area contributed by atoms with Crippen molar-refractivity contribution < 1.29 is 0 Å². The first-order chi connectivity index (χ1) is 16.6. The first-order valence-corrected chi connectivity index (χ1v) is 13.3. The number of hydrogen-bond acceptors (Lipinski definition) is 8. The van der Waals surface area contributed by atoms with E-state index in [1.54, 1.807) is 6.20 Å². The van der Waals surface area contributed by atoms with Crippen molar-refractivity contribution in [1.29, 1.82) is 0 Å². The van der Waals surface area contributed by atoms with Crippen LogP contribution < -0.4 is 15.1 Å². The summed E-state index contributed by atoms with van der Waals surface area (Å²) in [5.41, 5.74) is 5.51. The van der Waals surface area contributed by atoms with E-state index in [1.807, 2.05) is 24.0 Å². The molecule has 3 aliphatic heterocycles. The number of fused-ring (bicyclic) bond motifs is 2. The second-order valence-electron chi connectivity index (χ2n) is 9.53. The van der Waals surface area contributed by atoms with Gasteiger partial charge >= 0.3 is 0 Å².